The Morgan fingerprint density at radius 1 is 1.41 bits per heavy atom. The van der Waals surface area contributed by atoms with E-state index in [4.69, 9.17) is 34.8 Å². The average molecular weight is 300 g/mol. The molecular weight excluding hydrogens is 290 g/mol. The maximum Gasteiger partial charge on any atom is 0.272 e. The van der Waals surface area contributed by atoms with Gasteiger partial charge in [0.25, 0.3) is 5.69 Å². The van der Waals surface area contributed by atoms with E-state index in [-0.39, 0.29) is 28.2 Å². The minimum atomic E-state index is -0.751. The van der Waals surface area contributed by atoms with Crippen molar-refractivity contribution in [1.29, 1.82) is 0 Å². The van der Waals surface area contributed by atoms with Crippen molar-refractivity contribution in [3.8, 4) is 0 Å². The number of nitro benzene ring substituents is 1. The zero-order valence-corrected chi connectivity index (χ0v) is 10.8. The number of rotatable bonds is 5. The van der Waals surface area contributed by atoms with Gasteiger partial charge in [0.2, 0.25) is 0 Å². The third-order valence-corrected chi connectivity index (χ3v) is 2.88. The Morgan fingerprint density at radius 3 is 2.35 bits per heavy atom. The second-order valence-electron chi connectivity index (χ2n) is 3.23. The fourth-order valence-electron chi connectivity index (χ4n) is 1.11. The molecule has 0 radical (unpaired) electrons. The molecule has 17 heavy (non-hydrogen) atoms. The molecule has 0 saturated carbocycles. The minimum absolute atomic E-state index is 0.0647. The number of nitrogens with zero attached hydrogens (tertiary/aromatic N) is 1. The van der Waals surface area contributed by atoms with E-state index >= 15 is 0 Å². The van der Waals surface area contributed by atoms with Crippen molar-refractivity contribution in [2.45, 2.75) is 6.10 Å². The predicted molar refractivity (Wildman–Crippen MR) is 68.3 cm³/mol. The highest BCUT2D eigenvalue weighted by molar-refractivity contribution is 6.39. The number of hydrogen-bond donors (Lipinski definition) is 2. The van der Waals surface area contributed by atoms with E-state index in [1.54, 1.807) is 0 Å². The second kappa shape index (κ2) is 6.26. The van der Waals surface area contributed by atoms with Gasteiger partial charge in [0.15, 0.2) is 0 Å². The highest BCUT2D eigenvalue weighted by atomic mass is 35.5. The van der Waals surface area contributed by atoms with Crippen LogP contribution >= 0.6 is 34.8 Å². The van der Waals surface area contributed by atoms with Crippen LogP contribution in [0, 0.1) is 10.1 Å². The van der Waals surface area contributed by atoms with Crippen LogP contribution in [0.1, 0.15) is 0 Å². The molecule has 1 aromatic rings. The van der Waals surface area contributed by atoms with E-state index in [2.05, 4.69) is 5.32 Å². The van der Waals surface area contributed by atoms with E-state index in [0.717, 1.165) is 0 Å². The number of nitrogens with one attached hydrogen (secondary N) is 1. The number of alkyl halides is 1. The van der Waals surface area contributed by atoms with Crippen molar-refractivity contribution >= 4 is 46.2 Å². The van der Waals surface area contributed by atoms with Crippen molar-refractivity contribution in [3.05, 3.63) is 32.3 Å². The van der Waals surface area contributed by atoms with Crippen LogP contribution in [0.4, 0.5) is 11.4 Å². The molecule has 0 aromatic heterocycles. The predicted octanol–water partition coefficient (Wildman–Crippen LogP) is 2.91. The van der Waals surface area contributed by atoms with Gasteiger partial charge in [-0.25, -0.2) is 0 Å². The fraction of sp³-hybridized carbons (Fsp3) is 0.333. The highest BCUT2D eigenvalue weighted by Crippen LogP contribution is 2.34. The maximum atomic E-state index is 10.5. The summed E-state index contributed by atoms with van der Waals surface area (Å²) in [4.78, 5) is 9.95. The molecule has 1 unspecified atom stereocenters. The molecule has 2 N–H and O–H groups in total. The van der Waals surface area contributed by atoms with Crippen molar-refractivity contribution in [3.63, 3.8) is 0 Å². The molecule has 0 fully saturated rings. The first-order valence-electron chi connectivity index (χ1n) is 4.57. The molecule has 0 bridgehead atoms. The van der Waals surface area contributed by atoms with Crippen molar-refractivity contribution in [2.24, 2.45) is 0 Å². The molecule has 94 valence electrons. The second-order valence-corrected chi connectivity index (χ2v) is 4.35. The van der Waals surface area contributed by atoms with E-state index < -0.39 is 11.0 Å². The summed E-state index contributed by atoms with van der Waals surface area (Å²) in [5.74, 6) is 0.0647. The molecule has 8 heteroatoms. The SMILES string of the molecule is O=[N+]([O-])c1cc(Cl)c(NCC(O)CCl)c(Cl)c1. The molecule has 1 atom stereocenters. The molecule has 0 aliphatic rings. The third-order valence-electron chi connectivity index (χ3n) is 1.93. The van der Waals surface area contributed by atoms with Gasteiger partial charge < -0.3 is 10.4 Å². The van der Waals surface area contributed by atoms with E-state index in [1.807, 2.05) is 0 Å². The topological polar surface area (TPSA) is 75.4 Å². The molecule has 0 aliphatic heterocycles. The lowest BCUT2D eigenvalue weighted by molar-refractivity contribution is -0.384. The summed E-state index contributed by atoms with van der Waals surface area (Å²) in [5.41, 5.74) is 0.145. The lowest BCUT2D eigenvalue weighted by Crippen LogP contribution is -2.21. The molecule has 0 aliphatic carbocycles. The largest absolute Gasteiger partial charge is 0.390 e. The van der Waals surface area contributed by atoms with Crippen LogP contribution in [0.3, 0.4) is 0 Å². The van der Waals surface area contributed by atoms with Crippen LogP contribution in [-0.4, -0.2) is 28.6 Å². The van der Waals surface area contributed by atoms with Crippen LogP contribution in [0.5, 0.6) is 0 Å². The number of non-ortho nitro benzene ring substituents is 1. The summed E-state index contributed by atoms with van der Waals surface area (Å²) in [6.07, 6.45) is -0.751. The van der Waals surface area contributed by atoms with Crippen LogP contribution < -0.4 is 5.32 Å². The van der Waals surface area contributed by atoms with Crippen LogP contribution in [-0.2, 0) is 0 Å². The van der Waals surface area contributed by atoms with Gasteiger partial charge in [0.1, 0.15) is 0 Å². The Morgan fingerprint density at radius 2 is 1.94 bits per heavy atom. The Balaban J connectivity index is 2.90. The van der Waals surface area contributed by atoms with Crippen LogP contribution in [0.2, 0.25) is 10.0 Å². The standard InChI is InChI=1S/C9H9Cl3N2O3/c10-3-6(15)4-13-9-7(11)1-5(14(16)17)2-8(9)12/h1-2,6,13,15H,3-4H2. The lowest BCUT2D eigenvalue weighted by atomic mass is 10.2. The lowest BCUT2D eigenvalue weighted by Gasteiger charge is -2.12. The third kappa shape index (κ3) is 3.89. The summed E-state index contributed by atoms with van der Waals surface area (Å²) < 4.78 is 0. The molecule has 0 amide bonds. The van der Waals surface area contributed by atoms with Crippen molar-refractivity contribution in [2.75, 3.05) is 17.7 Å². The Kier molecular flexibility index (Phi) is 5.27. The number of aliphatic hydroxyl groups is 1. The average Bonchev–Trinajstić information content (AvgIpc) is 2.27. The quantitative estimate of drug-likeness (QED) is 0.498. The Labute approximate surface area is 112 Å². The normalized spacial score (nSPS) is 12.2. The molecule has 0 heterocycles. The molecule has 1 aromatic carbocycles. The first-order valence-corrected chi connectivity index (χ1v) is 5.86. The Bertz CT molecular complexity index is 405. The minimum Gasteiger partial charge on any atom is -0.390 e. The molecule has 0 spiro atoms. The molecule has 0 saturated heterocycles. The zero-order chi connectivity index (χ0) is 13.0. The van der Waals surface area contributed by atoms with Crippen LogP contribution in [0.15, 0.2) is 12.1 Å². The summed E-state index contributed by atoms with van der Waals surface area (Å²) in [7, 11) is 0. The first kappa shape index (κ1) is 14.3. The van der Waals surface area contributed by atoms with Gasteiger partial charge in [-0.3, -0.25) is 10.1 Å². The monoisotopic (exact) mass is 298 g/mol. The number of nitro groups is 1. The number of benzene rings is 1. The summed E-state index contributed by atoms with van der Waals surface area (Å²) in [5, 5.41) is 22.8. The van der Waals surface area contributed by atoms with Gasteiger partial charge in [0, 0.05) is 18.7 Å². The maximum absolute atomic E-state index is 10.5. The van der Waals surface area contributed by atoms with E-state index in [9.17, 15) is 15.2 Å². The van der Waals surface area contributed by atoms with Gasteiger partial charge in [0.05, 0.1) is 32.6 Å². The van der Waals surface area contributed by atoms with Crippen molar-refractivity contribution in [1.82, 2.24) is 0 Å². The summed E-state index contributed by atoms with van der Waals surface area (Å²) >= 11 is 17.1. The molecule has 1 rings (SSSR count). The number of anilines is 1. The van der Waals surface area contributed by atoms with Gasteiger partial charge in [-0.15, -0.1) is 11.6 Å². The van der Waals surface area contributed by atoms with E-state index in [0.29, 0.717) is 5.69 Å². The fourth-order valence-corrected chi connectivity index (χ4v) is 1.83. The van der Waals surface area contributed by atoms with Gasteiger partial charge in [-0.2, -0.15) is 0 Å². The smallest absolute Gasteiger partial charge is 0.272 e. The first-order chi connectivity index (χ1) is 7.95. The summed E-state index contributed by atoms with van der Waals surface area (Å²) in [6.45, 7) is 0.154. The molecular formula is C9H9Cl3N2O3. The van der Waals surface area contributed by atoms with Gasteiger partial charge in [-0.1, -0.05) is 23.2 Å². The number of aliphatic hydroxyl groups excluding tert-OH is 1. The number of hydrogen-bond acceptors (Lipinski definition) is 4. The number of halogens is 3. The van der Waals surface area contributed by atoms with Crippen molar-refractivity contribution < 1.29 is 10.0 Å². The van der Waals surface area contributed by atoms with Gasteiger partial charge in [-0.05, 0) is 0 Å². The van der Waals surface area contributed by atoms with Crippen LogP contribution in [0.25, 0.3) is 0 Å². The highest BCUT2D eigenvalue weighted by Gasteiger charge is 2.15. The van der Waals surface area contributed by atoms with Gasteiger partial charge >= 0.3 is 0 Å². The molecule has 5 nitrogen and oxygen atoms in total. The summed E-state index contributed by atoms with van der Waals surface area (Å²) in [6, 6.07) is 2.37. The Hall–Kier alpha value is -0.750. The zero-order valence-electron chi connectivity index (χ0n) is 8.49. The van der Waals surface area contributed by atoms with E-state index in [1.165, 1.54) is 12.1 Å².